The molecular formula is C11H16OS. The normalized spacial score (nSPS) is 41.4. The third-order valence-electron chi connectivity index (χ3n) is 4.52. The number of carbonyl (C=O) groups excluding carboxylic acids is 1. The summed E-state index contributed by atoms with van der Waals surface area (Å²) in [4.78, 5) is 12.0. The standard InChI is InChI=1S/C11H16OS/c1-10(2)8-4-5-11(10,3)9(13)7(8)6-12/h6,8,13H,4-5H2,1-3H3. The van der Waals surface area contributed by atoms with Gasteiger partial charge in [0.15, 0.2) is 0 Å². The minimum Gasteiger partial charge on any atom is -0.298 e. The number of fused-ring (bicyclic) bond motifs is 2. The lowest BCUT2D eigenvalue weighted by Gasteiger charge is -2.35. The van der Waals surface area contributed by atoms with Gasteiger partial charge in [-0.25, -0.2) is 0 Å². The van der Waals surface area contributed by atoms with Crippen molar-refractivity contribution in [1.82, 2.24) is 0 Å². The maximum Gasteiger partial charge on any atom is 0.147 e. The average molecular weight is 196 g/mol. The lowest BCUT2D eigenvalue weighted by atomic mass is 9.70. The van der Waals surface area contributed by atoms with Gasteiger partial charge in [-0.05, 0) is 29.1 Å². The molecule has 0 aromatic carbocycles. The predicted molar refractivity (Wildman–Crippen MR) is 56.7 cm³/mol. The van der Waals surface area contributed by atoms with Crippen LogP contribution in [-0.2, 0) is 4.79 Å². The molecule has 2 heteroatoms. The van der Waals surface area contributed by atoms with Crippen LogP contribution in [0.15, 0.2) is 10.5 Å². The second-order valence-corrected chi connectivity index (χ2v) is 5.51. The van der Waals surface area contributed by atoms with E-state index in [1.807, 2.05) is 0 Å². The zero-order valence-electron chi connectivity index (χ0n) is 8.42. The first-order valence-corrected chi connectivity index (χ1v) is 5.28. The topological polar surface area (TPSA) is 17.1 Å². The smallest absolute Gasteiger partial charge is 0.147 e. The van der Waals surface area contributed by atoms with E-state index in [9.17, 15) is 4.79 Å². The molecule has 2 atom stereocenters. The number of carbonyl (C=O) groups is 1. The highest BCUT2D eigenvalue weighted by molar-refractivity contribution is 7.84. The molecule has 0 amide bonds. The molecule has 2 rings (SSSR count). The van der Waals surface area contributed by atoms with Gasteiger partial charge in [-0.1, -0.05) is 20.8 Å². The Morgan fingerprint density at radius 2 is 2.08 bits per heavy atom. The van der Waals surface area contributed by atoms with Crippen molar-refractivity contribution < 1.29 is 4.79 Å². The number of hydrogen-bond donors (Lipinski definition) is 1. The fourth-order valence-corrected chi connectivity index (χ4v) is 3.70. The molecule has 0 saturated heterocycles. The second-order valence-electron chi connectivity index (χ2n) is 5.07. The lowest BCUT2D eigenvalue weighted by Crippen LogP contribution is -2.28. The number of hydrogen-bond acceptors (Lipinski definition) is 2. The molecular weight excluding hydrogens is 180 g/mol. The Kier molecular flexibility index (Phi) is 1.73. The molecule has 0 spiro atoms. The SMILES string of the molecule is CC12CCC(C(C=O)=C1S)C2(C)C. The van der Waals surface area contributed by atoms with Gasteiger partial charge in [0.1, 0.15) is 6.29 Å². The maximum absolute atomic E-state index is 10.9. The minimum atomic E-state index is 0.150. The molecule has 13 heavy (non-hydrogen) atoms. The molecule has 1 saturated carbocycles. The molecule has 2 bridgehead atoms. The average Bonchev–Trinajstić information content (AvgIpc) is 2.36. The highest BCUT2D eigenvalue weighted by Crippen LogP contribution is 2.68. The highest BCUT2D eigenvalue weighted by Gasteiger charge is 2.59. The first kappa shape index (κ1) is 9.32. The van der Waals surface area contributed by atoms with Gasteiger partial charge in [0, 0.05) is 11.0 Å². The van der Waals surface area contributed by atoms with Crippen LogP contribution >= 0.6 is 12.6 Å². The Hall–Kier alpha value is -0.240. The molecule has 0 N–H and O–H groups in total. The van der Waals surface area contributed by atoms with Gasteiger partial charge in [0.25, 0.3) is 0 Å². The van der Waals surface area contributed by atoms with Gasteiger partial charge >= 0.3 is 0 Å². The van der Waals surface area contributed by atoms with Crippen LogP contribution < -0.4 is 0 Å². The number of thiol groups is 1. The first-order chi connectivity index (χ1) is 5.95. The third-order valence-corrected chi connectivity index (χ3v) is 5.28. The molecule has 1 fully saturated rings. The van der Waals surface area contributed by atoms with Crippen molar-refractivity contribution in [2.45, 2.75) is 33.6 Å². The van der Waals surface area contributed by atoms with E-state index in [0.717, 1.165) is 23.2 Å². The van der Waals surface area contributed by atoms with Gasteiger partial charge in [-0.3, -0.25) is 4.79 Å². The van der Waals surface area contributed by atoms with Crippen molar-refractivity contribution in [2.75, 3.05) is 0 Å². The van der Waals surface area contributed by atoms with E-state index >= 15 is 0 Å². The third kappa shape index (κ3) is 0.829. The van der Waals surface area contributed by atoms with E-state index in [1.54, 1.807) is 0 Å². The molecule has 72 valence electrons. The lowest BCUT2D eigenvalue weighted by molar-refractivity contribution is -0.105. The Balaban J connectivity index is 2.58. The quantitative estimate of drug-likeness (QED) is 0.504. The Bertz CT molecular complexity index is 303. The van der Waals surface area contributed by atoms with Crippen molar-refractivity contribution in [2.24, 2.45) is 16.7 Å². The van der Waals surface area contributed by atoms with Crippen molar-refractivity contribution >= 4 is 18.9 Å². The summed E-state index contributed by atoms with van der Waals surface area (Å²) < 4.78 is 0. The van der Waals surface area contributed by atoms with E-state index < -0.39 is 0 Å². The summed E-state index contributed by atoms with van der Waals surface area (Å²) in [6, 6.07) is 0. The van der Waals surface area contributed by atoms with Gasteiger partial charge in [-0.15, -0.1) is 12.6 Å². The molecule has 2 aliphatic carbocycles. The zero-order valence-corrected chi connectivity index (χ0v) is 9.32. The van der Waals surface area contributed by atoms with Crippen LogP contribution in [0, 0.1) is 16.7 Å². The Labute approximate surface area is 85.0 Å². The predicted octanol–water partition coefficient (Wildman–Crippen LogP) is 2.83. The van der Waals surface area contributed by atoms with Gasteiger partial charge in [0.05, 0.1) is 0 Å². The summed E-state index contributed by atoms with van der Waals surface area (Å²) in [6.07, 6.45) is 3.35. The monoisotopic (exact) mass is 196 g/mol. The van der Waals surface area contributed by atoms with Gasteiger partial charge < -0.3 is 0 Å². The Morgan fingerprint density at radius 1 is 1.46 bits per heavy atom. The number of allylic oxidation sites excluding steroid dienone is 2. The zero-order chi connectivity index (χ0) is 9.85. The van der Waals surface area contributed by atoms with Crippen LogP contribution in [-0.4, -0.2) is 6.29 Å². The van der Waals surface area contributed by atoms with Crippen molar-refractivity contribution in [3.63, 3.8) is 0 Å². The number of rotatable bonds is 1. The molecule has 0 aromatic rings. The molecule has 0 heterocycles. The maximum atomic E-state index is 10.9. The molecule has 2 unspecified atom stereocenters. The molecule has 0 radical (unpaired) electrons. The molecule has 0 aromatic heterocycles. The van der Waals surface area contributed by atoms with Crippen LogP contribution in [0.5, 0.6) is 0 Å². The summed E-state index contributed by atoms with van der Waals surface area (Å²) in [5, 5.41) is 0. The Morgan fingerprint density at radius 3 is 2.38 bits per heavy atom. The van der Waals surface area contributed by atoms with Crippen molar-refractivity contribution in [1.29, 1.82) is 0 Å². The van der Waals surface area contributed by atoms with E-state index in [-0.39, 0.29) is 10.8 Å². The highest BCUT2D eigenvalue weighted by atomic mass is 32.1. The van der Waals surface area contributed by atoms with Crippen LogP contribution in [0.2, 0.25) is 0 Å². The summed E-state index contributed by atoms with van der Waals surface area (Å²) in [6.45, 7) is 6.76. The van der Waals surface area contributed by atoms with E-state index in [4.69, 9.17) is 0 Å². The summed E-state index contributed by atoms with van der Waals surface area (Å²) >= 11 is 4.52. The largest absolute Gasteiger partial charge is 0.298 e. The van der Waals surface area contributed by atoms with E-state index in [1.165, 1.54) is 6.42 Å². The van der Waals surface area contributed by atoms with Gasteiger partial charge in [0.2, 0.25) is 0 Å². The molecule has 1 nitrogen and oxygen atoms in total. The summed E-state index contributed by atoms with van der Waals surface area (Å²) in [7, 11) is 0. The van der Waals surface area contributed by atoms with Crippen LogP contribution in [0.25, 0.3) is 0 Å². The van der Waals surface area contributed by atoms with Crippen LogP contribution in [0.3, 0.4) is 0 Å². The van der Waals surface area contributed by atoms with Gasteiger partial charge in [-0.2, -0.15) is 0 Å². The first-order valence-electron chi connectivity index (χ1n) is 4.84. The minimum absolute atomic E-state index is 0.150. The van der Waals surface area contributed by atoms with Crippen molar-refractivity contribution in [3.8, 4) is 0 Å². The molecule has 2 aliphatic rings. The fraction of sp³-hybridized carbons (Fsp3) is 0.727. The number of aldehydes is 1. The summed E-state index contributed by atoms with van der Waals surface area (Å²) in [5.74, 6) is 0.447. The van der Waals surface area contributed by atoms with E-state index in [2.05, 4.69) is 33.4 Å². The van der Waals surface area contributed by atoms with E-state index in [0.29, 0.717) is 5.92 Å². The fourth-order valence-electron chi connectivity index (χ4n) is 3.09. The van der Waals surface area contributed by atoms with Crippen LogP contribution in [0.1, 0.15) is 33.6 Å². The summed E-state index contributed by atoms with van der Waals surface area (Å²) in [5.41, 5.74) is 1.33. The second kappa shape index (κ2) is 2.41. The van der Waals surface area contributed by atoms with Crippen LogP contribution in [0.4, 0.5) is 0 Å². The molecule has 0 aliphatic heterocycles. The van der Waals surface area contributed by atoms with Crippen molar-refractivity contribution in [3.05, 3.63) is 10.5 Å².